The minimum Gasteiger partial charge on any atom is -0.374 e. The number of aromatic nitrogens is 2. The Labute approximate surface area is 131 Å². The molecule has 2 fully saturated rings. The molecule has 1 atom stereocenters. The van der Waals surface area contributed by atoms with Crippen molar-refractivity contribution in [2.45, 2.75) is 38.8 Å². The Morgan fingerprint density at radius 3 is 3.00 bits per heavy atom. The lowest BCUT2D eigenvalue weighted by Crippen LogP contribution is -2.48. The minimum absolute atomic E-state index is 0.0867. The normalized spacial score (nSPS) is 23.0. The van der Waals surface area contributed by atoms with Gasteiger partial charge in [-0.1, -0.05) is 0 Å². The van der Waals surface area contributed by atoms with Crippen molar-refractivity contribution < 1.29 is 9.53 Å². The first-order valence-corrected chi connectivity index (χ1v) is 8.29. The molecule has 0 spiro atoms. The molecule has 0 radical (unpaired) electrons. The molecule has 1 aromatic rings. The zero-order valence-electron chi connectivity index (χ0n) is 13.5. The molecule has 2 aliphatic rings. The summed E-state index contributed by atoms with van der Waals surface area (Å²) in [5, 5.41) is 7.23. The minimum atomic E-state index is -0.123. The van der Waals surface area contributed by atoms with Crippen LogP contribution in [0.25, 0.3) is 0 Å². The van der Waals surface area contributed by atoms with Crippen LogP contribution in [-0.4, -0.2) is 59.5 Å². The van der Waals surface area contributed by atoms with E-state index in [1.807, 2.05) is 20.0 Å². The summed E-state index contributed by atoms with van der Waals surface area (Å²) in [6, 6.07) is 2.02. The van der Waals surface area contributed by atoms with Gasteiger partial charge >= 0.3 is 0 Å². The second-order valence-electron chi connectivity index (χ2n) is 6.68. The second-order valence-corrected chi connectivity index (χ2v) is 6.68. The summed E-state index contributed by atoms with van der Waals surface area (Å²) in [5.41, 5.74) is 0.472. The number of nitrogens with one attached hydrogen (secondary N) is 1. The van der Waals surface area contributed by atoms with E-state index >= 15 is 0 Å². The third kappa shape index (κ3) is 4.08. The van der Waals surface area contributed by atoms with E-state index in [2.05, 4.69) is 15.3 Å². The van der Waals surface area contributed by atoms with Gasteiger partial charge in [0.15, 0.2) is 0 Å². The zero-order valence-corrected chi connectivity index (χ0v) is 13.5. The highest BCUT2D eigenvalue weighted by molar-refractivity contribution is 5.92. The Balaban J connectivity index is 1.45. The van der Waals surface area contributed by atoms with Gasteiger partial charge in [0.25, 0.3) is 5.91 Å². The van der Waals surface area contributed by atoms with Crippen LogP contribution >= 0.6 is 0 Å². The molecule has 1 saturated carbocycles. The number of amides is 1. The van der Waals surface area contributed by atoms with Crippen molar-refractivity contribution in [1.29, 1.82) is 0 Å². The molecule has 6 nitrogen and oxygen atoms in total. The molecule has 1 unspecified atom stereocenters. The summed E-state index contributed by atoms with van der Waals surface area (Å²) in [6.45, 7) is 8.51. The molecule has 2 heterocycles. The van der Waals surface area contributed by atoms with Crippen molar-refractivity contribution in [1.82, 2.24) is 20.0 Å². The molecule has 3 rings (SSSR count). The molecule has 6 heteroatoms. The first-order valence-electron chi connectivity index (χ1n) is 8.29. The van der Waals surface area contributed by atoms with Crippen LogP contribution in [0.5, 0.6) is 0 Å². The van der Waals surface area contributed by atoms with Gasteiger partial charge in [0.05, 0.1) is 12.7 Å². The average molecular weight is 306 g/mol. The lowest BCUT2D eigenvalue weighted by atomic mass is 10.2. The van der Waals surface area contributed by atoms with Crippen molar-refractivity contribution >= 4 is 5.91 Å². The molecule has 1 N–H and O–H groups in total. The molecule has 1 amide bonds. The van der Waals surface area contributed by atoms with Gasteiger partial charge in [-0.3, -0.25) is 14.4 Å². The van der Waals surface area contributed by atoms with Gasteiger partial charge in [0, 0.05) is 38.4 Å². The van der Waals surface area contributed by atoms with Crippen molar-refractivity contribution in [2.75, 3.05) is 32.8 Å². The third-order valence-electron chi connectivity index (χ3n) is 4.30. The number of hydrogen-bond acceptors (Lipinski definition) is 4. The zero-order chi connectivity index (χ0) is 15.5. The van der Waals surface area contributed by atoms with Crippen LogP contribution in [-0.2, 0) is 4.74 Å². The maximum absolute atomic E-state index is 12.1. The first-order chi connectivity index (χ1) is 10.6. The predicted octanol–water partition coefficient (Wildman–Crippen LogP) is 1.30. The Kier molecular flexibility index (Phi) is 4.78. The molecular formula is C16H26N4O2. The monoisotopic (exact) mass is 306 g/mol. The topological polar surface area (TPSA) is 59.4 Å². The van der Waals surface area contributed by atoms with Gasteiger partial charge in [-0.15, -0.1) is 0 Å². The van der Waals surface area contributed by atoms with Gasteiger partial charge in [-0.2, -0.15) is 5.10 Å². The Morgan fingerprint density at radius 2 is 2.32 bits per heavy atom. The Morgan fingerprint density at radius 1 is 1.50 bits per heavy atom. The number of nitrogens with zero attached hydrogens (tertiary/aromatic N) is 3. The molecule has 1 saturated heterocycles. The van der Waals surface area contributed by atoms with Crippen LogP contribution in [0.1, 0.15) is 43.2 Å². The van der Waals surface area contributed by atoms with Crippen molar-refractivity contribution in [3.63, 3.8) is 0 Å². The van der Waals surface area contributed by atoms with Crippen LogP contribution in [0, 0.1) is 5.92 Å². The standard InChI is InChI=1S/C16H26N4O2/c1-12(2)20-6-5-15(18-20)16(21)17-9-14-11-19(7-8-22-14)10-13-3-4-13/h5-6,12-14H,3-4,7-11H2,1-2H3,(H,17,21). The molecule has 1 aromatic heterocycles. The van der Waals surface area contributed by atoms with Crippen LogP contribution in [0.2, 0.25) is 0 Å². The molecule has 0 aromatic carbocycles. The number of carbonyl (C=O) groups excluding carboxylic acids is 1. The fourth-order valence-electron chi connectivity index (χ4n) is 2.78. The highest BCUT2D eigenvalue weighted by Crippen LogP contribution is 2.30. The van der Waals surface area contributed by atoms with Gasteiger partial charge < -0.3 is 10.1 Å². The van der Waals surface area contributed by atoms with Crippen molar-refractivity contribution in [3.05, 3.63) is 18.0 Å². The smallest absolute Gasteiger partial charge is 0.271 e. The molecule has 122 valence electrons. The van der Waals surface area contributed by atoms with Gasteiger partial charge in [-0.25, -0.2) is 0 Å². The van der Waals surface area contributed by atoms with Gasteiger partial charge in [0.2, 0.25) is 0 Å². The molecule has 1 aliphatic carbocycles. The van der Waals surface area contributed by atoms with Gasteiger partial charge in [-0.05, 0) is 38.7 Å². The average Bonchev–Trinajstić information content (AvgIpc) is 3.17. The van der Waals surface area contributed by atoms with E-state index in [4.69, 9.17) is 4.74 Å². The highest BCUT2D eigenvalue weighted by atomic mass is 16.5. The highest BCUT2D eigenvalue weighted by Gasteiger charge is 2.28. The van der Waals surface area contributed by atoms with E-state index < -0.39 is 0 Å². The van der Waals surface area contributed by atoms with Crippen LogP contribution in [0.3, 0.4) is 0 Å². The van der Waals surface area contributed by atoms with E-state index in [1.54, 1.807) is 10.7 Å². The van der Waals surface area contributed by atoms with E-state index in [9.17, 15) is 4.79 Å². The molecule has 22 heavy (non-hydrogen) atoms. The fourth-order valence-corrected chi connectivity index (χ4v) is 2.78. The Bertz CT molecular complexity index is 510. The van der Waals surface area contributed by atoms with Crippen LogP contribution in [0.4, 0.5) is 0 Å². The quantitative estimate of drug-likeness (QED) is 0.861. The lowest BCUT2D eigenvalue weighted by Gasteiger charge is -2.33. The third-order valence-corrected chi connectivity index (χ3v) is 4.30. The number of rotatable bonds is 6. The summed E-state index contributed by atoms with van der Waals surface area (Å²) in [6.07, 6.45) is 4.67. The molecular weight excluding hydrogens is 280 g/mol. The van der Waals surface area contributed by atoms with E-state index in [1.165, 1.54) is 19.4 Å². The number of morpholine rings is 1. The summed E-state index contributed by atoms with van der Waals surface area (Å²) in [7, 11) is 0. The van der Waals surface area contributed by atoms with Crippen LogP contribution < -0.4 is 5.32 Å². The molecule has 0 bridgehead atoms. The second kappa shape index (κ2) is 6.79. The van der Waals surface area contributed by atoms with Gasteiger partial charge in [0.1, 0.15) is 5.69 Å². The largest absolute Gasteiger partial charge is 0.374 e. The molecule has 1 aliphatic heterocycles. The summed E-state index contributed by atoms with van der Waals surface area (Å²) in [4.78, 5) is 14.6. The van der Waals surface area contributed by atoms with E-state index in [0.717, 1.165) is 25.6 Å². The van der Waals surface area contributed by atoms with E-state index in [-0.39, 0.29) is 18.1 Å². The number of carbonyl (C=O) groups is 1. The van der Waals surface area contributed by atoms with E-state index in [0.29, 0.717) is 12.2 Å². The maximum atomic E-state index is 12.1. The van der Waals surface area contributed by atoms with Crippen molar-refractivity contribution in [2.24, 2.45) is 5.92 Å². The number of ether oxygens (including phenoxy) is 1. The first kappa shape index (κ1) is 15.5. The SMILES string of the molecule is CC(C)n1ccc(C(=O)NCC2CN(CC3CC3)CCO2)n1. The summed E-state index contributed by atoms with van der Waals surface area (Å²) < 4.78 is 7.55. The summed E-state index contributed by atoms with van der Waals surface area (Å²) in [5.74, 6) is 0.774. The Hall–Kier alpha value is -1.40. The lowest BCUT2D eigenvalue weighted by molar-refractivity contribution is -0.0277. The maximum Gasteiger partial charge on any atom is 0.271 e. The van der Waals surface area contributed by atoms with Crippen LogP contribution in [0.15, 0.2) is 12.3 Å². The van der Waals surface area contributed by atoms with Crippen molar-refractivity contribution in [3.8, 4) is 0 Å². The fraction of sp³-hybridized carbons (Fsp3) is 0.750. The summed E-state index contributed by atoms with van der Waals surface area (Å²) >= 11 is 0. The number of hydrogen-bond donors (Lipinski definition) is 1. The predicted molar refractivity (Wildman–Crippen MR) is 83.8 cm³/mol.